The number of hydrogen-bond acceptors (Lipinski definition) is 4. The van der Waals surface area contributed by atoms with E-state index in [1.807, 2.05) is 6.08 Å². The maximum absolute atomic E-state index is 12.1. The predicted molar refractivity (Wildman–Crippen MR) is 93.7 cm³/mol. The quantitative estimate of drug-likeness (QED) is 0.778. The van der Waals surface area contributed by atoms with Gasteiger partial charge in [-0.15, -0.1) is 0 Å². The highest BCUT2D eigenvalue weighted by Gasteiger charge is 2.57. The minimum absolute atomic E-state index is 0.0580. The molecule has 2 unspecified atom stereocenters. The van der Waals surface area contributed by atoms with Gasteiger partial charge in [-0.25, -0.2) is 0 Å². The molecule has 4 nitrogen and oxygen atoms in total. The van der Waals surface area contributed by atoms with Crippen LogP contribution in [0.5, 0.6) is 0 Å². The first kappa shape index (κ1) is 17.3. The topological polar surface area (TPSA) is 63.6 Å². The molecule has 3 saturated carbocycles. The first-order valence-electron chi connectivity index (χ1n) is 10.0. The van der Waals surface area contributed by atoms with Crippen LogP contribution in [0.25, 0.3) is 0 Å². The Kier molecular flexibility index (Phi) is 4.30. The number of ketones is 1. The number of rotatable bonds is 2. The zero-order valence-corrected chi connectivity index (χ0v) is 15.4. The molecule has 0 spiro atoms. The van der Waals surface area contributed by atoms with Crippen molar-refractivity contribution in [1.82, 2.24) is 0 Å². The van der Waals surface area contributed by atoms with Crippen LogP contribution in [0.3, 0.4) is 0 Å². The molecule has 7 atom stereocenters. The monoisotopic (exact) mass is 346 g/mol. The molecule has 25 heavy (non-hydrogen) atoms. The van der Waals surface area contributed by atoms with Crippen molar-refractivity contribution in [3.05, 3.63) is 11.6 Å². The van der Waals surface area contributed by atoms with Gasteiger partial charge in [0.25, 0.3) is 0 Å². The van der Waals surface area contributed by atoms with Crippen LogP contribution >= 0.6 is 0 Å². The van der Waals surface area contributed by atoms with E-state index in [2.05, 4.69) is 6.92 Å². The standard InChI is InChI=1S/C21H30O4/c1-3-19(24)25-17-11-13(22)10-12-4-5-14-15(20(12)17)8-9-21(2)16(14)6-7-18(21)23/h10,14-18,20,23H,3-9,11H2,1-2H3/t14-,15+,16+,17?,18+,20?,21+/m1/s1. The molecule has 0 bridgehead atoms. The van der Waals surface area contributed by atoms with Crippen LogP contribution in [-0.2, 0) is 14.3 Å². The fraction of sp³-hybridized carbons (Fsp3) is 0.810. The molecular formula is C21H30O4. The van der Waals surface area contributed by atoms with E-state index in [-0.39, 0.29) is 35.3 Å². The van der Waals surface area contributed by atoms with Gasteiger partial charge in [-0.1, -0.05) is 19.4 Å². The van der Waals surface area contributed by atoms with E-state index < -0.39 is 0 Å². The van der Waals surface area contributed by atoms with Crippen molar-refractivity contribution < 1.29 is 19.4 Å². The van der Waals surface area contributed by atoms with E-state index in [1.54, 1.807) is 6.92 Å². The van der Waals surface area contributed by atoms with Gasteiger partial charge in [0.05, 0.1) is 6.10 Å². The summed E-state index contributed by atoms with van der Waals surface area (Å²) in [5.74, 6) is 1.78. The van der Waals surface area contributed by atoms with Crippen LogP contribution in [0.2, 0.25) is 0 Å². The first-order valence-corrected chi connectivity index (χ1v) is 10.0. The van der Waals surface area contributed by atoms with Crippen LogP contribution in [0.15, 0.2) is 11.6 Å². The molecule has 0 saturated heterocycles. The molecule has 4 heteroatoms. The predicted octanol–water partition coefficient (Wildman–Crippen LogP) is 3.42. The molecule has 0 aliphatic heterocycles. The molecule has 4 rings (SSSR count). The molecule has 4 aliphatic rings. The summed E-state index contributed by atoms with van der Waals surface area (Å²) in [7, 11) is 0. The molecule has 4 aliphatic carbocycles. The number of esters is 1. The van der Waals surface area contributed by atoms with Gasteiger partial charge in [-0.2, -0.15) is 0 Å². The van der Waals surface area contributed by atoms with Crippen LogP contribution < -0.4 is 0 Å². The molecule has 1 N–H and O–H groups in total. The summed E-state index contributed by atoms with van der Waals surface area (Å²) in [4.78, 5) is 24.0. The van der Waals surface area contributed by atoms with Gasteiger partial charge in [0.2, 0.25) is 0 Å². The molecule has 3 fully saturated rings. The number of hydrogen-bond donors (Lipinski definition) is 1. The maximum atomic E-state index is 12.1. The Bertz CT molecular complexity index is 609. The van der Waals surface area contributed by atoms with Crippen molar-refractivity contribution >= 4 is 11.8 Å². The first-order chi connectivity index (χ1) is 11.9. The average molecular weight is 346 g/mol. The maximum Gasteiger partial charge on any atom is 0.305 e. The van der Waals surface area contributed by atoms with Crippen molar-refractivity contribution in [3.63, 3.8) is 0 Å². The number of carbonyl (C=O) groups excluding carboxylic acids is 2. The zero-order chi connectivity index (χ0) is 17.8. The Hall–Kier alpha value is -1.16. The lowest BCUT2D eigenvalue weighted by Crippen LogP contribution is -2.51. The van der Waals surface area contributed by atoms with E-state index in [1.165, 1.54) is 5.57 Å². The van der Waals surface area contributed by atoms with Crippen LogP contribution in [0.4, 0.5) is 0 Å². The molecule has 0 radical (unpaired) electrons. The summed E-state index contributed by atoms with van der Waals surface area (Å²) in [5, 5.41) is 10.5. The summed E-state index contributed by atoms with van der Waals surface area (Å²) in [6.07, 6.45) is 8.31. The summed E-state index contributed by atoms with van der Waals surface area (Å²) in [5.41, 5.74) is 1.27. The van der Waals surface area contributed by atoms with Crippen LogP contribution in [0.1, 0.15) is 65.2 Å². The van der Waals surface area contributed by atoms with Gasteiger partial charge >= 0.3 is 5.97 Å². The second kappa shape index (κ2) is 6.22. The van der Waals surface area contributed by atoms with E-state index >= 15 is 0 Å². The highest BCUT2D eigenvalue weighted by Crippen LogP contribution is 2.61. The van der Waals surface area contributed by atoms with E-state index in [9.17, 15) is 14.7 Å². The Labute approximate surface area is 150 Å². The summed E-state index contributed by atoms with van der Waals surface area (Å²) >= 11 is 0. The third kappa shape index (κ3) is 2.68. The van der Waals surface area contributed by atoms with Crippen molar-refractivity contribution in [2.75, 3.05) is 0 Å². The van der Waals surface area contributed by atoms with Crippen LogP contribution in [0, 0.1) is 29.1 Å². The summed E-state index contributed by atoms with van der Waals surface area (Å²) in [6, 6.07) is 0. The van der Waals surface area contributed by atoms with Gasteiger partial charge in [-0.05, 0) is 67.8 Å². The van der Waals surface area contributed by atoms with Crippen molar-refractivity contribution in [1.29, 1.82) is 0 Å². The molecular weight excluding hydrogens is 316 g/mol. The molecule has 0 aromatic rings. The smallest absolute Gasteiger partial charge is 0.305 e. The Balaban J connectivity index is 1.63. The largest absolute Gasteiger partial charge is 0.461 e. The van der Waals surface area contributed by atoms with Crippen LogP contribution in [-0.4, -0.2) is 29.1 Å². The van der Waals surface area contributed by atoms with E-state index in [4.69, 9.17) is 4.74 Å². The number of aliphatic hydroxyl groups is 1. The minimum Gasteiger partial charge on any atom is -0.461 e. The van der Waals surface area contributed by atoms with Gasteiger partial charge in [0.1, 0.15) is 6.10 Å². The molecule has 0 aromatic carbocycles. The third-order valence-electron chi connectivity index (χ3n) is 7.82. The lowest BCUT2D eigenvalue weighted by molar-refractivity contribution is -0.156. The van der Waals surface area contributed by atoms with Crippen molar-refractivity contribution in [3.8, 4) is 0 Å². The Morgan fingerprint density at radius 2 is 2.08 bits per heavy atom. The van der Waals surface area contributed by atoms with Crippen molar-refractivity contribution in [2.45, 2.75) is 77.4 Å². The van der Waals surface area contributed by atoms with E-state index in [0.29, 0.717) is 30.6 Å². The number of fused-ring (bicyclic) bond motifs is 5. The SMILES string of the molecule is CCC(=O)OC1CC(=O)C=C2CC[C@@H]3[C@H](CC[C@]4(C)[C@@H](O)CC[C@@H]34)C21. The fourth-order valence-electron chi connectivity index (χ4n) is 6.57. The molecule has 0 aromatic heterocycles. The number of carbonyl (C=O) groups is 2. The van der Waals surface area contributed by atoms with Gasteiger partial charge in [0.15, 0.2) is 5.78 Å². The number of aliphatic hydroxyl groups excluding tert-OH is 1. The summed E-state index contributed by atoms with van der Waals surface area (Å²) < 4.78 is 5.74. The molecule has 0 heterocycles. The third-order valence-corrected chi connectivity index (χ3v) is 7.82. The van der Waals surface area contributed by atoms with Gasteiger partial charge in [0, 0.05) is 18.8 Å². The highest BCUT2D eigenvalue weighted by atomic mass is 16.5. The number of ether oxygens (including phenoxy) is 1. The zero-order valence-electron chi connectivity index (χ0n) is 15.4. The normalized spacial score (nSPS) is 45.9. The van der Waals surface area contributed by atoms with Gasteiger partial charge < -0.3 is 9.84 Å². The fourth-order valence-corrected chi connectivity index (χ4v) is 6.57. The second-order valence-corrected chi connectivity index (χ2v) is 8.91. The van der Waals surface area contributed by atoms with Gasteiger partial charge in [-0.3, -0.25) is 9.59 Å². The Morgan fingerprint density at radius 3 is 2.84 bits per heavy atom. The molecule has 0 amide bonds. The lowest BCUT2D eigenvalue weighted by Gasteiger charge is -2.54. The summed E-state index contributed by atoms with van der Waals surface area (Å²) in [6.45, 7) is 4.08. The Morgan fingerprint density at radius 1 is 1.28 bits per heavy atom. The minimum atomic E-state index is -0.275. The lowest BCUT2D eigenvalue weighted by atomic mass is 9.51. The highest BCUT2D eigenvalue weighted by molar-refractivity contribution is 5.92. The van der Waals surface area contributed by atoms with Crippen molar-refractivity contribution in [2.24, 2.45) is 29.1 Å². The van der Waals surface area contributed by atoms with E-state index in [0.717, 1.165) is 38.5 Å². The molecule has 138 valence electrons. The average Bonchev–Trinajstić information content (AvgIpc) is 2.89. The second-order valence-electron chi connectivity index (χ2n) is 8.91.